The molecule has 1 aromatic carbocycles. The van der Waals surface area contributed by atoms with E-state index in [1.165, 1.54) is 18.6 Å². The van der Waals surface area contributed by atoms with Crippen LogP contribution in [-0.2, 0) is 16.6 Å². The molecule has 1 atom stereocenters. The summed E-state index contributed by atoms with van der Waals surface area (Å²) < 4.78 is 22.5. The highest BCUT2D eigenvalue weighted by molar-refractivity contribution is 14.0. The van der Waals surface area contributed by atoms with Crippen molar-refractivity contribution >= 4 is 40.0 Å². The third-order valence-electron chi connectivity index (χ3n) is 3.58. The number of hydrogen-bond acceptors (Lipinski definition) is 3. The molecule has 0 aromatic heterocycles. The fraction of sp³-hybridized carbons (Fsp3) is 0.588. The van der Waals surface area contributed by atoms with Gasteiger partial charge in [0.1, 0.15) is 0 Å². The Morgan fingerprint density at radius 2 is 1.76 bits per heavy atom. The maximum Gasteiger partial charge on any atom is 0.238 e. The maximum absolute atomic E-state index is 11.3. The maximum atomic E-state index is 11.3. The SMILES string of the molecule is CCNC(=NCc1ccc(S(N)(=O)=O)cc1)NC(C)CCC(C)C.I. The van der Waals surface area contributed by atoms with Crippen molar-refractivity contribution in [1.82, 2.24) is 10.6 Å². The van der Waals surface area contributed by atoms with Gasteiger partial charge in [0.15, 0.2) is 5.96 Å². The van der Waals surface area contributed by atoms with Gasteiger partial charge in [0.05, 0.1) is 11.4 Å². The Labute approximate surface area is 169 Å². The molecule has 1 unspecified atom stereocenters. The van der Waals surface area contributed by atoms with Crippen LogP contribution >= 0.6 is 24.0 Å². The minimum atomic E-state index is -3.65. The van der Waals surface area contributed by atoms with Crippen molar-refractivity contribution < 1.29 is 8.42 Å². The Kier molecular flexibility index (Phi) is 11.3. The van der Waals surface area contributed by atoms with E-state index in [-0.39, 0.29) is 28.9 Å². The molecule has 0 heterocycles. The van der Waals surface area contributed by atoms with E-state index in [2.05, 4.69) is 36.4 Å². The van der Waals surface area contributed by atoms with E-state index in [0.717, 1.165) is 24.5 Å². The van der Waals surface area contributed by atoms with Crippen LogP contribution in [0.25, 0.3) is 0 Å². The molecule has 0 aliphatic carbocycles. The molecule has 4 N–H and O–H groups in total. The Morgan fingerprint density at radius 1 is 1.16 bits per heavy atom. The Bertz CT molecular complexity index is 631. The van der Waals surface area contributed by atoms with Crippen molar-refractivity contribution in [3.8, 4) is 0 Å². The molecule has 0 amide bonds. The third kappa shape index (κ3) is 10.0. The molecule has 6 nitrogen and oxygen atoms in total. The Morgan fingerprint density at radius 3 is 2.24 bits per heavy atom. The zero-order chi connectivity index (χ0) is 18.2. The first kappa shape index (κ1) is 24.1. The average molecular weight is 482 g/mol. The van der Waals surface area contributed by atoms with E-state index in [0.29, 0.717) is 18.5 Å². The lowest BCUT2D eigenvalue weighted by atomic mass is 10.0. The lowest BCUT2D eigenvalue weighted by molar-refractivity contribution is 0.489. The highest BCUT2D eigenvalue weighted by Gasteiger charge is 2.08. The monoisotopic (exact) mass is 482 g/mol. The molecule has 0 aliphatic heterocycles. The number of aliphatic imine (C=N–C) groups is 1. The lowest BCUT2D eigenvalue weighted by Crippen LogP contribution is -2.42. The van der Waals surface area contributed by atoms with Crippen molar-refractivity contribution in [3.63, 3.8) is 0 Å². The molecule has 8 heteroatoms. The second-order valence-electron chi connectivity index (χ2n) is 6.40. The van der Waals surface area contributed by atoms with Crippen LogP contribution in [0.1, 0.15) is 46.1 Å². The summed E-state index contributed by atoms with van der Waals surface area (Å²) in [5.41, 5.74) is 0.925. The summed E-state index contributed by atoms with van der Waals surface area (Å²) in [5, 5.41) is 11.7. The number of rotatable bonds is 8. The number of nitrogens with two attached hydrogens (primary N) is 1. The number of guanidine groups is 1. The van der Waals surface area contributed by atoms with Crippen LogP contribution in [-0.4, -0.2) is 27.0 Å². The molecule has 0 saturated heterocycles. The van der Waals surface area contributed by atoms with E-state index in [4.69, 9.17) is 5.14 Å². The summed E-state index contributed by atoms with van der Waals surface area (Å²) in [6.07, 6.45) is 2.26. The number of hydrogen-bond donors (Lipinski definition) is 3. The number of nitrogens with one attached hydrogen (secondary N) is 2. The van der Waals surface area contributed by atoms with Crippen LogP contribution in [0.3, 0.4) is 0 Å². The molecule has 0 radical (unpaired) electrons. The van der Waals surface area contributed by atoms with E-state index >= 15 is 0 Å². The smallest absolute Gasteiger partial charge is 0.238 e. The number of sulfonamides is 1. The van der Waals surface area contributed by atoms with Gasteiger partial charge in [-0.1, -0.05) is 26.0 Å². The van der Waals surface area contributed by atoms with Crippen LogP contribution in [0.5, 0.6) is 0 Å². The van der Waals surface area contributed by atoms with Crippen LogP contribution in [0.15, 0.2) is 34.2 Å². The highest BCUT2D eigenvalue weighted by atomic mass is 127. The molecule has 144 valence electrons. The van der Waals surface area contributed by atoms with Gasteiger partial charge in [-0.2, -0.15) is 0 Å². The summed E-state index contributed by atoms with van der Waals surface area (Å²) in [7, 11) is -3.65. The van der Waals surface area contributed by atoms with Gasteiger partial charge in [-0.3, -0.25) is 0 Å². The van der Waals surface area contributed by atoms with Crippen molar-refractivity contribution in [3.05, 3.63) is 29.8 Å². The number of benzene rings is 1. The zero-order valence-corrected chi connectivity index (χ0v) is 18.6. The molecule has 0 saturated carbocycles. The topological polar surface area (TPSA) is 96.6 Å². The van der Waals surface area contributed by atoms with Gasteiger partial charge >= 0.3 is 0 Å². The molecule has 0 spiro atoms. The van der Waals surface area contributed by atoms with Crippen molar-refractivity contribution in [2.24, 2.45) is 16.0 Å². The number of nitrogens with zero attached hydrogens (tertiary/aromatic N) is 1. The van der Waals surface area contributed by atoms with Crippen molar-refractivity contribution in [2.75, 3.05) is 6.54 Å². The van der Waals surface area contributed by atoms with Crippen LogP contribution in [0.2, 0.25) is 0 Å². The predicted octanol–water partition coefficient (Wildman–Crippen LogP) is 2.83. The predicted molar refractivity (Wildman–Crippen MR) is 115 cm³/mol. The standard InChI is InChI=1S/C17H30N4O2S.HI/c1-5-19-17(21-14(4)7-6-13(2)3)20-12-15-8-10-16(11-9-15)24(18,22)23;/h8-11,13-14H,5-7,12H2,1-4H3,(H2,18,22,23)(H2,19,20,21);1H. The first-order valence-corrected chi connectivity index (χ1v) is 9.93. The summed E-state index contributed by atoms with van der Waals surface area (Å²) >= 11 is 0. The molecule has 0 fully saturated rings. The third-order valence-corrected chi connectivity index (χ3v) is 4.51. The van der Waals surface area contributed by atoms with Gasteiger partial charge < -0.3 is 10.6 Å². The fourth-order valence-electron chi connectivity index (χ4n) is 2.16. The van der Waals surface area contributed by atoms with Gasteiger partial charge in [-0.15, -0.1) is 24.0 Å². The van der Waals surface area contributed by atoms with Gasteiger partial charge in [-0.05, 0) is 50.3 Å². The Hall–Kier alpha value is -0.870. The average Bonchev–Trinajstić information content (AvgIpc) is 2.50. The molecule has 1 aromatic rings. The van der Waals surface area contributed by atoms with E-state index in [1.807, 2.05) is 6.92 Å². The summed E-state index contributed by atoms with van der Waals surface area (Å²) in [6, 6.07) is 6.82. The van der Waals surface area contributed by atoms with E-state index in [1.54, 1.807) is 12.1 Å². The van der Waals surface area contributed by atoms with Gasteiger partial charge in [-0.25, -0.2) is 18.5 Å². The second-order valence-corrected chi connectivity index (χ2v) is 7.96. The quantitative estimate of drug-likeness (QED) is 0.302. The largest absolute Gasteiger partial charge is 0.357 e. The van der Waals surface area contributed by atoms with Crippen LogP contribution < -0.4 is 15.8 Å². The van der Waals surface area contributed by atoms with Crippen LogP contribution in [0.4, 0.5) is 0 Å². The fourth-order valence-corrected chi connectivity index (χ4v) is 2.68. The van der Waals surface area contributed by atoms with Crippen LogP contribution in [0, 0.1) is 5.92 Å². The first-order valence-electron chi connectivity index (χ1n) is 8.39. The summed E-state index contributed by atoms with van der Waals surface area (Å²) in [5.74, 6) is 1.45. The van der Waals surface area contributed by atoms with Gasteiger partial charge in [0.2, 0.25) is 10.0 Å². The second kappa shape index (κ2) is 11.7. The summed E-state index contributed by atoms with van der Waals surface area (Å²) in [6.45, 7) is 9.87. The molecule has 25 heavy (non-hydrogen) atoms. The lowest BCUT2D eigenvalue weighted by Gasteiger charge is -2.18. The van der Waals surface area contributed by atoms with E-state index in [9.17, 15) is 8.42 Å². The number of halogens is 1. The minimum absolute atomic E-state index is 0. The molecule has 0 bridgehead atoms. The molecular weight excluding hydrogens is 451 g/mol. The normalized spacial score (nSPS) is 13.3. The summed E-state index contributed by atoms with van der Waals surface area (Å²) in [4.78, 5) is 4.67. The molecule has 1 rings (SSSR count). The molecular formula is C17H31IN4O2S. The first-order chi connectivity index (χ1) is 11.2. The van der Waals surface area contributed by atoms with Gasteiger partial charge in [0.25, 0.3) is 0 Å². The van der Waals surface area contributed by atoms with Gasteiger partial charge in [0, 0.05) is 12.6 Å². The Balaban J connectivity index is 0.00000576. The highest BCUT2D eigenvalue weighted by Crippen LogP contribution is 2.10. The van der Waals surface area contributed by atoms with Crippen molar-refractivity contribution in [2.45, 2.75) is 58.0 Å². The van der Waals surface area contributed by atoms with E-state index < -0.39 is 10.0 Å². The van der Waals surface area contributed by atoms with Crippen molar-refractivity contribution in [1.29, 1.82) is 0 Å². The molecule has 0 aliphatic rings. The number of primary sulfonamides is 1. The zero-order valence-electron chi connectivity index (χ0n) is 15.5. The minimum Gasteiger partial charge on any atom is -0.357 e.